The molecule has 0 atom stereocenters. The Labute approximate surface area is 167 Å². The van der Waals surface area contributed by atoms with E-state index in [2.05, 4.69) is 10.6 Å². The lowest BCUT2D eigenvalue weighted by atomic mass is 10.1. The molecule has 7 heteroatoms. The third kappa shape index (κ3) is 4.86. The molecule has 0 aliphatic rings. The third-order valence-electron chi connectivity index (χ3n) is 4.56. The average Bonchev–Trinajstić information content (AvgIpc) is 2.61. The monoisotopic (exact) mass is 405 g/mol. The van der Waals surface area contributed by atoms with Crippen molar-refractivity contribution < 1.29 is 8.42 Å². The minimum absolute atomic E-state index is 0.233. The summed E-state index contributed by atoms with van der Waals surface area (Å²) < 4.78 is 27.5. The van der Waals surface area contributed by atoms with E-state index >= 15 is 0 Å². The first kappa shape index (κ1) is 21.3. The van der Waals surface area contributed by atoms with Crippen LogP contribution in [0.15, 0.2) is 41.3 Å². The van der Waals surface area contributed by atoms with E-state index in [1.54, 1.807) is 12.1 Å². The highest BCUT2D eigenvalue weighted by Crippen LogP contribution is 2.26. The Bertz CT molecular complexity index is 936. The van der Waals surface area contributed by atoms with Crippen molar-refractivity contribution in [2.75, 3.05) is 23.7 Å². The van der Waals surface area contributed by atoms with Crippen molar-refractivity contribution in [3.8, 4) is 0 Å². The van der Waals surface area contributed by atoms with Crippen LogP contribution in [0, 0.1) is 20.8 Å². The topological polar surface area (TPSA) is 61.4 Å². The Kier molecular flexibility index (Phi) is 6.97. The minimum atomic E-state index is -3.60. The molecule has 0 aliphatic carbocycles. The summed E-state index contributed by atoms with van der Waals surface area (Å²) in [7, 11) is -3.60. The van der Waals surface area contributed by atoms with Gasteiger partial charge in [-0.15, -0.1) is 0 Å². The number of rotatable bonds is 6. The Morgan fingerprint density at radius 2 is 1.63 bits per heavy atom. The summed E-state index contributed by atoms with van der Waals surface area (Å²) in [5.74, 6) is 0. The van der Waals surface area contributed by atoms with Crippen molar-refractivity contribution in [2.24, 2.45) is 0 Å². The number of thiocarbonyl (C=S) groups is 1. The Hall–Kier alpha value is -1.96. The van der Waals surface area contributed by atoms with E-state index in [1.807, 2.05) is 58.9 Å². The summed E-state index contributed by atoms with van der Waals surface area (Å²) in [6.07, 6.45) is 0. The summed E-state index contributed by atoms with van der Waals surface area (Å²) in [5.41, 5.74) is 4.49. The predicted molar refractivity (Wildman–Crippen MR) is 117 cm³/mol. The highest BCUT2D eigenvalue weighted by atomic mass is 32.2. The van der Waals surface area contributed by atoms with Crippen molar-refractivity contribution in [3.63, 3.8) is 0 Å². The fourth-order valence-corrected chi connectivity index (χ4v) is 4.72. The molecule has 0 fully saturated rings. The Morgan fingerprint density at radius 1 is 1.00 bits per heavy atom. The predicted octanol–water partition coefficient (Wildman–Crippen LogP) is 4.45. The van der Waals surface area contributed by atoms with Crippen LogP contribution < -0.4 is 10.6 Å². The van der Waals surface area contributed by atoms with Crippen LogP contribution >= 0.6 is 12.2 Å². The molecule has 0 radical (unpaired) electrons. The lowest BCUT2D eigenvalue weighted by molar-refractivity contribution is 0.445. The van der Waals surface area contributed by atoms with E-state index in [1.165, 1.54) is 4.31 Å². The molecule has 0 saturated carbocycles. The maximum absolute atomic E-state index is 13.0. The first-order valence-electron chi connectivity index (χ1n) is 8.95. The van der Waals surface area contributed by atoms with Gasteiger partial charge in [0, 0.05) is 18.8 Å². The number of hydrogen-bond acceptors (Lipinski definition) is 3. The highest BCUT2D eigenvalue weighted by Gasteiger charge is 2.25. The standard InChI is InChI=1S/C20H27N3O2S2/c1-6-23(7-2)27(24,25)19-13-14(3)11-12-18(19)22-20(26)21-17-10-8-9-15(4)16(17)5/h8-13H,6-7H2,1-5H3,(H2,21,22,26). The molecule has 0 spiro atoms. The number of aryl methyl sites for hydroxylation is 2. The van der Waals surface area contributed by atoms with Crippen LogP contribution in [0.25, 0.3) is 0 Å². The molecule has 0 heterocycles. The van der Waals surface area contributed by atoms with Gasteiger partial charge in [-0.3, -0.25) is 0 Å². The zero-order valence-electron chi connectivity index (χ0n) is 16.5. The van der Waals surface area contributed by atoms with Gasteiger partial charge in [0.1, 0.15) is 4.90 Å². The lowest BCUT2D eigenvalue weighted by Crippen LogP contribution is -2.32. The molecule has 146 valence electrons. The second-order valence-corrected chi connectivity index (χ2v) is 8.73. The SMILES string of the molecule is CCN(CC)S(=O)(=O)c1cc(C)ccc1NC(=S)Nc1cccc(C)c1C. The van der Waals surface area contributed by atoms with E-state index in [9.17, 15) is 8.42 Å². The highest BCUT2D eigenvalue weighted by molar-refractivity contribution is 7.89. The molecule has 0 aromatic heterocycles. The number of nitrogens with zero attached hydrogens (tertiary/aromatic N) is 1. The fraction of sp³-hybridized carbons (Fsp3) is 0.350. The zero-order chi connectivity index (χ0) is 20.2. The van der Waals surface area contributed by atoms with Crippen LogP contribution in [0.4, 0.5) is 11.4 Å². The molecule has 2 aromatic rings. The largest absolute Gasteiger partial charge is 0.332 e. The van der Waals surface area contributed by atoms with Crippen molar-refractivity contribution in [1.82, 2.24) is 4.31 Å². The van der Waals surface area contributed by atoms with Gasteiger partial charge in [0.05, 0.1) is 5.69 Å². The quantitative estimate of drug-likeness (QED) is 0.695. The molecule has 2 aromatic carbocycles. The van der Waals surface area contributed by atoms with Gasteiger partial charge >= 0.3 is 0 Å². The van der Waals surface area contributed by atoms with Gasteiger partial charge in [-0.05, 0) is 67.9 Å². The maximum Gasteiger partial charge on any atom is 0.245 e. The normalized spacial score (nSPS) is 11.5. The second kappa shape index (κ2) is 8.82. The van der Waals surface area contributed by atoms with Crippen LogP contribution in [-0.4, -0.2) is 30.9 Å². The van der Waals surface area contributed by atoms with Crippen LogP contribution in [0.2, 0.25) is 0 Å². The Balaban J connectivity index is 2.34. The first-order chi connectivity index (χ1) is 12.7. The van der Waals surface area contributed by atoms with Gasteiger partial charge in [0.2, 0.25) is 10.0 Å². The molecule has 0 amide bonds. The maximum atomic E-state index is 13.0. The van der Waals surface area contributed by atoms with E-state index in [-0.39, 0.29) is 4.90 Å². The third-order valence-corrected chi connectivity index (χ3v) is 6.86. The van der Waals surface area contributed by atoms with Gasteiger partial charge in [-0.1, -0.05) is 32.0 Å². The summed E-state index contributed by atoms with van der Waals surface area (Å²) in [6, 6.07) is 11.2. The van der Waals surface area contributed by atoms with E-state index < -0.39 is 10.0 Å². The van der Waals surface area contributed by atoms with Gasteiger partial charge in [0.25, 0.3) is 0 Å². The molecule has 0 aliphatic heterocycles. The van der Waals surface area contributed by atoms with Crippen LogP contribution in [0.3, 0.4) is 0 Å². The summed E-state index contributed by atoms with van der Waals surface area (Å²) >= 11 is 5.43. The van der Waals surface area contributed by atoms with Crippen molar-refractivity contribution in [3.05, 3.63) is 53.1 Å². The lowest BCUT2D eigenvalue weighted by Gasteiger charge is -2.22. The molecule has 0 unspecified atom stereocenters. The van der Waals surface area contributed by atoms with Crippen LogP contribution in [-0.2, 0) is 10.0 Å². The number of sulfonamides is 1. The molecule has 0 saturated heterocycles. The number of benzene rings is 2. The summed E-state index contributed by atoms with van der Waals surface area (Å²) in [6.45, 7) is 10.4. The first-order valence-corrected chi connectivity index (χ1v) is 10.8. The summed E-state index contributed by atoms with van der Waals surface area (Å²) in [5, 5.41) is 6.57. The molecule has 2 rings (SSSR count). The molecule has 5 nitrogen and oxygen atoms in total. The van der Waals surface area contributed by atoms with E-state index in [0.29, 0.717) is 23.9 Å². The van der Waals surface area contributed by atoms with Gasteiger partial charge in [0.15, 0.2) is 5.11 Å². The average molecular weight is 406 g/mol. The van der Waals surface area contributed by atoms with Crippen molar-refractivity contribution >= 4 is 38.7 Å². The molecule has 0 bridgehead atoms. The minimum Gasteiger partial charge on any atom is -0.332 e. The Morgan fingerprint density at radius 3 is 2.26 bits per heavy atom. The fourth-order valence-electron chi connectivity index (χ4n) is 2.81. The summed E-state index contributed by atoms with van der Waals surface area (Å²) in [4.78, 5) is 0.233. The van der Waals surface area contributed by atoms with Crippen LogP contribution in [0.5, 0.6) is 0 Å². The van der Waals surface area contributed by atoms with E-state index in [4.69, 9.17) is 12.2 Å². The molecular formula is C20H27N3O2S2. The van der Waals surface area contributed by atoms with Gasteiger partial charge in [-0.25, -0.2) is 8.42 Å². The second-order valence-electron chi connectivity index (χ2n) is 6.42. The molecule has 2 N–H and O–H groups in total. The molecule has 27 heavy (non-hydrogen) atoms. The number of nitrogens with one attached hydrogen (secondary N) is 2. The van der Waals surface area contributed by atoms with Crippen LogP contribution in [0.1, 0.15) is 30.5 Å². The van der Waals surface area contributed by atoms with E-state index in [0.717, 1.165) is 22.4 Å². The number of hydrogen-bond donors (Lipinski definition) is 2. The van der Waals surface area contributed by atoms with Gasteiger partial charge in [-0.2, -0.15) is 4.31 Å². The smallest absolute Gasteiger partial charge is 0.245 e. The zero-order valence-corrected chi connectivity index (χ0v) is 18.1. The van der Waals surface area contributed by atoms with Crippen molar-refractivity contribution in [2.45, 2.75) is 39.5 Å². The number of anilines is 2. The van der Waals surface area contributed by atoms with Gasteiger partial charge < -0.3 is 10.6 Å². The molecular weight excluding hydrogens is 378 g/mol. The van der Waals surface area contributed by atoms with Crippen molar-refractivity contribution in [1.29, 1.82) is 0 Å².